The molecule has 1 aliphatic rings. The molecule has 28 heavy (non-hydrogen) atoms. The van der Waals surface area contributed by atoms with Gasteiger partial charge in [-0.2, -0.15) is 0 Å². The Hall–Kier alpha value is -2.34. The summed E-state index contributed by atoms with van der Waals surface area (Å²) >= 11 is 1.58. The van der Waals surface area contributed by atoms with Gasteiger partial charge in [0.15, 0.2) is 0 Å². The molecule has 1 N–H and O–H groups in total. The Balaban J connectivity index is 1.55. The number of aromatic nitrogens is 1. The van der Waals surface area contributed by atoms with Gasteiger partial charge in [0.05, 0.1) is 11.7 Å². The maximum Gasteiger partial charge on any atom is 0.232 e. The highest BCUT2D eigenvalue weighted by Crippen LogP contribution is 2.25. The minimum atomic E-state index is -0.189. The van der Waals surface area contributed by atoms with E-state index >= 15 is 0 Å². The van der Waals surface area contributed by atoms with Gasteiger partial charge < -0.3 is 10.2 Å². The van der Waals surface area contributed by atoms with Crippen LogP contribution >= 0.6 is 11.8 Å². The zero-order chi connectivity index (χ0) is 20.1. The number of carbonyl (C=O) groups is 2. The summed E-state index contributed by atoms with van der Waals surface area (Å²) in [7, 11) is 0. The molecule has 148 valence electrons. The maximum atomic E-state index is 12.7. The number of carbonyl (C=O) groups excluding carboxylic acids is 2. The van der Waals surface area contributed by atoms with Gasteiger partial charge in [0.2, 0.25) is 11.8 Å². The Bertz CT molecular complexity index is 869. The highest BCUT2D eigenvalue weighted by Gasteiger charge is 2.28. The Kier molecular flexibility index (Phi) is 6.73. The number of hydrogen-bond donors (Lipinski definition) is 1. The Morgan fingerprint density at radius 2 is 2.04 bits per heavy atom. The number of aryl methyl sites for hydroxylation is 3. The largest absolute Gasteiger partial charge is 0.341 e. The van der Waals surface area contributed by atoms with Crippen LogP contribution in [-0.4, -0.2) is 40.5 Å². The molecule has 6 heteroatoms. The lowest BCUT2D eigenvalue weighted by Crippen LogP contribution is -2.44. The number of rotatable bonds is 5. The van der Waals surface area contributed by atoms with Crippen molar-refractivity contribution in [1.82, 2.24) is 9.88 Å². The van der Waals surface area contributed by atoms with Crippen molar-refractivity contribution >= 4 is 29.4 Å². The normalized spacial score (nSPS) is 16.7. The van der Waals surface area contributed by atoms with E-state index in [1.54, 1.807) is 17.8 Å². The predicted molar refractivity (Wildman–Crippen MR) is 114 cm³/mol. The minimum Gasteiger partial charge on any atom is -0.341 e. The molecule has 1 aromatic carbocycles. The van der Waals surface area contributed by atoms with Gasteiger partial charge in [-0.3, -0.25) is 9.59 Å². The lowest BCUT2D eigenvalue weighted by Gasteiger charge is -2.32. The van der Waals surface area contributed by atoms with Gasteiger partial charge in [0.1, 0.15) is 5.82 Å². The number of likely N-dealkylation sites (tertiary alicyclic amines) is 1. The zero-order valence-corrected chi connectivity index (χ0v) is 17.5. The molecule has 2 amide bonds. The molecule has 1 atom stereocenters. The van der Waals surface area contributed by atoms with Crippen LogP contribution in [0.25, 0.3) is 0 Å². The van der Waals surface area contributed by atoms with Crippen molar-refractivity contribution in [1.29, 1.82) is 0 Å². The number of nitrogens with one attached hydrogen (secondary N) is 1. The number of nitrogens with zero attached hydrogens (tertiary/aromatic N) is 2. The average molecular weight is 398 g/mol. The third-order valence-electron chi connectivity index (χ3n) is 4.98. The maximum absolute atomic E-state index is 12.7. The monoisotopic (exact) mass is 397 g/mol. The van der Waals surface area contributed by atoms with Gasteiger partial charge in [0.25, 0.3) is 0 Å². The SMILES string of the molecule is Cc1ccc(C)c(SCC(=O)N2CCCC(C(=O)Nc3cccc(C)n3)C2)c1. The molecular formula is C22H27N3O2S. The van der Waals surface area contributed by atoms with Crippen LogP contribution in [-0.2, 0) is 9.59 Å². The van der Waals surface area contributed by atoms with Gasteiger partial charge in [-0.1, -0.05) is 23.8 Å². The van der Waals surface area contributed by atoms with Crippen molar-refractivity contribution in [2.75, 3.05) is 24.2 Å². The summed E-state index contributed by atoms with van der Waals surface area (Å²) < 4.78 is 0. The van der Waals surface area contributed by atoms with Gasteiger partial charge in [-0.25, -0.2) is 4.98 Å². The van der Waals surface area contributed by atoms with E-state index < -0.39 is 0 Å². The van der Waals surface area contributed by atoms with Crippen molar-refractivity contribution in [3.63, 3.8) is 0 Å². The fraction of sp³-hybridized carbons (Fsp3) is 0.409. The number of amides is 2. The van der Waals surface area contributed by atoms with E-state index in [2.05, 4.69) is 42.3 Å². The Morgan fingerprint density at radius 3 is 2.82 bits per heavy atom. The standard InChI is InChI=1S/C22H27N3O2S/c1-15-9-10-16(2)19(12-15)28-14-21(26)25-11-5-7-18(13-25)22(27)24-20-8-4-6-17(3)23-20/h4,6,8-10,12,18H,5,7,11,13-14H2,1-3H3,(H,23,24,27). The smallest absolute Gasteiger partial charge is 0.232 e. The molecule has 0 aliphatic carbocycles. The first-order chi connectivity index (χ1) is 13.4. The molecule has 1 aromatic heterocycles. The lowest BCUT2D eigenvalue weighted by atomic mass is 9.97. The van der Waals surface area contributed by atoms with E-state index in [-0.39, 0.29) is 17.7 Å². The summed E-state index contributed by atoms with van der Waals surface area (Å²) in [5.41, 5.74) is 3.24. The first kappa shape index (κ1) is 20.4. The topological polar surface area (TPSA) is 62.3 Å². The van der Waals surface area contributed by atoms with Crippen LogP contribution in [0.3, 0.4) is 0 Å². The highest BCUT2D eigenvalue weighted by molar-refractivity contribution is 8.00. The van der Waals surface area contributed by atoms with Crippen molar-refractivity contribution in [2.24, 2.45) is 5.92 Å². The first-order valence-corrected chi connectivity index (χ1v) is 10.6. The first-order valence-electron chi connectivity index (χ1n) is 9.65. The van der Waals surface area contributed by atoms with Crippen molar-refractivity contribution in [3.8, 4) is 0 Å². The van der Waals surface area contributed by atoms with E-state index in [4.69, 9.17) is 0 Å². The molecule has 1 saturated heterocycles. The highest BCUT2D eigenvalue weighted by atomic mass is 32.2. The summed E-state index contributed by atoms with van der Waals surface area (Å²) in [5.74, 6) is 0.817. The third-order valence-corrected chi connectivity index (χ3v) is 6.12. The predicted octanol–water partition coefficient (Wildman–Crippen LogP) is 3.98. The van der Waals surface area contributed by atoms with E-state index in [1.807, 2.05) is 24.0 Å². The summed E-state index contributed by atoms with van der Waals surface area (Å²) in [6.07, 6.45) is 1.64. The fourth-order valence-corrected chi connectivity index (χ4v) is 4.38. The molecule has 0 radical (unpaired) electrons. The molecule has 3 rings (SSSR count). The van der Waals surface area contributed by atoms with E-state index in [1.165, 1.54) is 11.1 Å². The molecule has 1 unspecified atom stereocenters. The van der Waals surface area contributed by atoms with Crippen LogP contribution in [0.5, 0.6) is 0 Å². The van der Waals surface area contributed by atoms with E-state index in [0.717, 1.165) is 30.0 Å². The zero-order valence-electron chi connectivity index (χ0n) is 16.7. The van der Waals surface area contributed by atoms with E-state index in [9.17, 15) is 9.59 Å². The quantitative estimate of drug-likeness (QED) is 0.776. The number of pyridine rings is 1. The molecular weight excluding hydrogens is 370 g/mol. The molecule has 1 aliphatic heterocycles. The fourth-order valence-electron chi connectivity index (χ4n) is 3.35. The second-order valence-electron chi connectivity index (χ2n) is 7.39. The molecule has 0 bridgehead atoms. The molecule has 2 heterocycles. The molecule has 1 fully saturated rings. The van der Waals surface area contributed by atoms with Gasteiger partial charge in [0, 0.05) is 23.7 Å². The van der Waals surface area contributed by atoms with Crippen molar-refractivity contribution < 1.29 is 9.59 Å². The number of benzene rings is 1. The van der Waals surface area contributed by atoms with E-state index in [0.29, 0.717) is 18.1 Å². The molecule has 0 saturated carbocycles. The molecule has 5 nitrogen and oxygen atoms in total. The summed E-state index contributed by atoms with van der Waals surface area (Å²) in [4.78, 5) is 32.6. The summed E-state index contributed by atoms with van der Waals surface area (Å²) in [6.45, 7) is 7.21. The van der Waals surface area contributed by atoms with Gasteiger partial charge >= 0.3 is 0 Å². The third kappa shape index (κ3) is 5.35. The molecule has 2 aromatic rings. The molecule has 0 spiro atoms. The number of piperidine rings is 1. The second-order valence-corrected chi connectivity index (χ2v) is 8.41. The van der Waals surface area contributed by atoms with Crippen LogP contribution in [0.4, 0.5) is 5.82 Å². The summed E-state index contributed by atoms with van der Waals surface area (Å²) in [6, 6.07) is 11.8. The van der Waals surface area contributed by atoms with Crippen LogP contribution in [0.1, 0.15) is 29.7 Å². The Labute approximate surface area is 170 Å². The van der Waals surface area contributed by atoms with Gasteiger partial charge in [-0.15, -0.1) is 11.8 Å². The van der Waals surface area contributed by atoms with Crippen LogP contribution in [0.2, 0.25) is 0 Å². The average Bonchev–Trinajstić information content (AvgIpc) is 2.68. The van der Waals surface area contributed by atoms with Crippen molar-refractivity contribution in [2.45, 2.75) is 38.5 Å². The van der Waals surface area contributed by atoms with Crippen LogP contribution in [0.15, 0.2) is 41.3 Å². The van der Waals surface area contributed by atoms with Gasteiger partial charge in [-0.05, 0) is 57.4 Å². The Morgan fingerprint density at radius 1 is 1.21 bits per heavy atom. The van der Waals surface area contributed by atoms with Crippen molar-refractivity contribution in [3.05, 3.63) is 53.2 Å². The summed E-state index contributed by atoms with van der Waals surface area (Å²) in [5, 5.41) is 2.89. The number of thioether (sulfide) groups is 1. The minimum absolute atomic E-state index is 0.0576. The van der Waals surface area contributed by atoms with Crippen LogP contribution < -0.4 is 5.32 Å². The van der Waals surface area contributed by atoms with Crippen LogP contribution in [0, 0.1) is 26.7 Å². The second kappa shape index (κ2) is 9.24. The number of hydrogen-bond acceptors (Lipinski definition) is 4. The number of anilines is 1. The lowest BCUT2D eigenvalue weighted by molar-refractivity contribution is -0.132.